The van der Waals surface area contributed by atoms with Gasteiger partial charge in [-0.1, -0.05) is 30.3 Å². The molecule has 0 amide bonds. The first-order valence-corrected chi connectivity index (χ1v) is 5.01. The molecule has 3 heteroatoms. The Balaban J connectivity index is 3.28. The lowest BCUT2D eigenvalue weighted by Gasteiger charge is -2.18. The van der Waals surface area contributed by atoms with Gasteiger partial charge in [0.2, 0.25) is 0 Å². The van der Waals surface area contributed by atoms with Gasteiger partial charge in [-0.05, 0) is 30.7 Å². The topological polar surface area (TPSA) is 29.3 Å². The lowest BCUT2D eigenvalue weighted by Crippen LogP contribution is -2.24. The summed E-state index contributed by atoms with van der Waals surface area (Å²) in [5, 5.41) is 2.26. The van der Waals surface area contributed by atoms with Gasteiger partial charge in [0, 0.05) is 17.6 Å². The molecule has 0 saturated carbocycles. The van der Waals surface area contributed by atoms with Gasteiger partial charge in [0.15, 0.2) is 0 Å². The Bertz CT molecular complexity index is 395. The molecule has 0 spiro atoms. The lowest BCUT2D eigenvalue weighted by atomic mass is 10.1. The number of allylic oxidation sites excluding steroid dienone is 2. The van der Waals surface area contributed by atoms with Crippen molar-refractivity contribution in [2.24, 2.45) is 5.84 Å². The first kappa shape index (κ1) is 11.8. The Morgan fingerprint density at radius 1 is 1.53 bits per heavy atom. The SMILES string of the molecule is C=C/C=C(/c1cc(Cl)ccc1C)N(C)N. The number of hydrazine groups is 1. The molecule has 2 nitrogen and oxygen atoms in total. The van der Waals surface area contributed by atoms with Crippen LogP contribution in [0.5, 0.6) is 0 Å². The van der Waals surface area contributed by atoms with Crippen molar-refractivity contribution in [1.82, 2.24) is 5.01 Å². The van der Waals surface area contributed by atoms with Gasteiger partial charge in [0.1, 0.15) is 0 Å². The molecule has 0 unspecified atom stereocenters. The highest BCUT2D eigenvalue weighted by molar-refractivity contribution is 6.30. The summed E-state index contributed by atoms with van der Waals surface area (Å²) in [4.78, 5) is 0. The molecule has 1 aromatic rings. The number of nitrogens with two attached hydrogens (primary N) is 1. The number of benzene rings is 1. The predicted molar refractivity (Wildman–Crippen MR) is 66.3 cm³/mol. The molecule has 0 radical (unpaired) electrons. The first-order chi connectivity index (χ1) is 7.06. The number of rotatable bonds is 3. The van der Waals surface area contributed by atoms with Gasteiger partial charge in [-0.3, -0.25) is 0 Å². The quantitative estimate of drug-likeness (QED) is 0.484. The summed E-state index contributed by atoms with van der Waals surface area (Å²) in [5.74, 6) is 5.75. The molecule has 15 heavy (non-hydrogen) atoms. The normalized spacial score (nSPS) is 11.3. The van der Waals surface area contributed by atoms with Crippen LogP contribution in [-0.2, 0) is 0 Å². The second-order valence-corrected chi connectivity index (χ2v) is 3.79. The predicted octanol–water partition coefficient (Wildman–Crippen LogP) is 2.98. The molecule has 0 saturated heterocycles. The van der Waals surface area contributed by atoms with Crippen molar-refractivity contribution in [3.05, 3.63) is 53.1 Å². The van der Waals surface area contributed by atoms with E-state index < -0.39 is 0 Å². The minimum absolute atomic E-state index is 0.701. The third-order valence-corrected chi connectivity index (χ3v) is 2.37. The van der Waals surface area contributed by atoms with Crippen molar-refractivity contribution in [2.45, 2.75) is 6.92 Å². The van der Waals surface area contributed by atoms with Gasteiger partial charge < -0.3 is 5.01 Å². The van der Waals surface area contributed by atoms with Crippen LogP contribution in [0.1, 0.15) is 11.1 Å². The smallest absolute Gasteiger partial charge is 0.0589 e. The molecule has 0 aliphatic heterocycles. The van der Waals surface area contributed by atoms with Gasteiger partial charge in [-0.25, -0.2) is 5.84 Å². The molecule has 0 heterocycles. The molecule has 1 aromatic carbocycles. The van der Waals surface area contributed by atoms with Gasteiger partial charge in [-0.15, -0.1) is 0 Å². The summed E-state index contributed by atoms with van der Waals surface area (Å²) in [6, 6.07) is 5.73. The van der Waals surface area contributed by atoms with Gasteiger partial charge in [0.05, 0.1) is 5.70 Å². The van der Waals surface area contributed by atoms with E-state index in [-0.39, 0.29) is 0 Å². The average Bonchev–Trinajstić information content (AvgIpc) is 2.18. The monoisotopic (exact) mass is 222 g/mol. The van der Waals surface area contributed by atoms with Crippen LogP contribution < -0.4 is 5.84 Å². The Kier molecular flexibility index (Phi) is 3.95. The van der Waals surface area contributed by atoms with Gasteiger partial charge in [-0.2, -0.15) is 0 Å². The van der Waals surface area contributed by atoms with E-state index in [9.17, 15) is 0 Å². The molecule has 0 aliphatic carbocycles. The lowest BCUT2D eigenvalue weighted by molar-refractivity contribution is 0.510. The minimum Gasteiger partial charge on any atom is -0.314 e. The van der Waals surface area contributed by atoms with Crippen LogP contribution in [0.2, 0.25) is 5.02 Å². The van der Waals surface area contributed by atoms with Crippen molar-refractivity contribution >= 4 is 17.3 Å². The summed E-state index contributed by atoms with van der Waals surface area (Å²) in [6.07, 6.45) is 3.57. The van der Waals surface area contributed by atoms with E-state index >= 15 is 0 Å². The van der Waals surface area contributed by atoms with Crippen molar-refractivity contribution in [1.29, 1.82) is 0 Å². The van der Waals surface area contributed by atoms with Crippen molar-refractivity contribution in [3.63, 3.8) is 0 Å². The van der Waals surface area contributed by atoms with Crippen LogP contribution in [0.4, 0.5) is 0 Å². The Morgan fingerprint density at radius 2 is 2.20 bits per heavy atom. The van der Waals surface area contributed by atoms with Crippen molar-refractivity contribution < 1.29 is 0 Å². The van der Waals surface area contributed by atoms with E-state index in [4.69, 9.17) is 17.4 Å². The third kappa shape index (κ3) is 2.85. The highest BCUT2D eigenvalue weighted by atomic mass is 35.5. The van der Waals surface area contributed by atoms with Crippen LogP contribution >= 0.6 is 11.6 Å². The molecular weight excluding hydrogens is 208 g/mol. The van der Waals surface area contributed by atoms with E-state index in [1.54, 1.807) is 18.1 Å². The van der Waals surface area contributed by atoms with Gasteiger partial charge in [0.25, 0.3) is 0 Å². The zero-order chi connectivity index (χ0) is 11.4. The molecule has 0 bridgehead atoms. The number of hydrogen-bond donors (Lipinski definition) is 1. The molecule has 0 aliphatic rings. The van der Waals surface area contributed by atoms with Crippen LogP contribution in [0.25, 0.3) is 5.70 Å². The zero-order valence-electron chi connectivity index (χ0n) is 9.00. The standard InChI is InChI=1S/C12H15ClN2/c1-4-5-12(15(3)14)11-8-10(13)7-6-9(11)2/h4-8H,1,14H2,2-3H3/b12-5-. The highest BCUT2D eigenvalue weighted by Crippen LogP contribution is 2.23. The summed E-state index contributed by atoms with van der Waals surface area (Å²) in [7, 11) is 1.79. The van der Waals surface area contributed by atoms with E-state index in [0.717, 1.165) is 16.8 Å². The van der Waals surface area contributed by atoms with Crippen LogP contribution in [0, 0.1) is 6.92 Å². The fourth-order valence-corrected chi connectivity index (χ4v) is 1.55. The second-order valence-electron chi connectivity index (χ2n) is 3.36. The van der Waals surface area contributed by atoms with E-state index in [1.807, 2.05) is 31.2 Å². The summed E-state index contributed by atoms with van der Waals surface area (Å²) < 4.78 is 0. The Hall–Kier alpha value is -1.25. The molecule has 80 valence electrons. The van der Waals surface area contributed by atoms with E-state index in [2.05, 4.69) is 6.58 Å². The number of nitrogens with zero attached hydrogens (tertiary/aromatic N) is 1. The molecule has 1 rings (SSSR count). The first-order valence-electron chi connectivity index (χ1n) is 4.64. The molecule has 0 aromatic heterocycles. The fourth-order valence-electron chi connectivity index (χ4n) is 1.38. The maximum Gasteiger partial charge on any atom is 0.0589 e. The van der Waals surface area contributed by atoms with Crippen LogP contribution in [0.3, 0.4) is 0 Å². The number of aryl methyl sites for hydroxylation is 1. The molecule has 0 fully saturated rings. The van der Waals surface area contributed by atoms with E-state index in [0.29, 0.717) is 5.02 Å². The van der Waals surface area contributed by atoms with E-state index in [1.165, 1.54) is 0 Å². The van der Waals surface area contributed by atoms with Gasteiger partial charge >= 0.3 is 0 Å². The van der Waals surface area contributed by atoms with Crippen molar-refractivity contribution in [3.8, 4) is 0 Å². The largest absolute Gasteiger partial charge is 0.314 e. The minimum atomic E-state index is 0.701. The summed E-state index contributed by atoms with van der Waals surface area (Å²) in [5.41, 5.74) is 3.04. The Labute approximate surface area is 95.6 Å². The van der Waals surface area contributed by atoms with Crippen LogP contribution in [-0.4, -0.2) is 12.1 Å². The highest BCUT2D eigenvalue weighted by Gasteiger charge is 2.07. The number of halogens is 1. The zero-order valence-corrected chi connectivity index (χ0v) is 9.75. The second kappa shape index (κ2) is 5.01. The summed E-state index contributed by atoms with van der Waals surface area (Å²) in [6.45, 7) is 5.69. The fraction of sp³-hybridized carbons (Fsp3) is 0.167. The summed E-state index contributed by atoms with van der Waals surface area (Å²) >= 11 is 5.95. The molecule has 0 atom stereocenters. The maximum absolute atomic E-state index is 5.95. The maximum atomic E-state index is 5.95. The average molecular weight is 223 g/mol. The van der Waals surface area contributed by atoms with Crippen molar-refractivity contribution in [2.75, 3.05) is 7.05 Å². The number of hydrogen-bond acceptors (Lipinski definition) is 2. The molecular formula is C12H15ClN2. The molecule has 2 N–H and O–H groups in total. The van der Waals surface area contributed by atoms with Crippen LogP contribution in [0.15, 0.2) is 36.9 Å². The Morgan fingerprint density at radius 3 is 2.73 bits per heavy atom. The third-order valence-electron chi connectivity index (χ3n) is 2.13.